The Hall–Kier alpha value is -3.86. The number of benzene rings is 3. The molecule has 0 aliphatic heterocycles. The Morgan fingerprint density at radius 2 is 1.82 bits per heavy atom. The van der Waals surface area contributed by atoms with Crippen molar-refractivity contribution in [2.24, 2.45) is 0 Å². The van der Waals surface area contributed by atoms with Crippen LogP contribution in [0.4, 0.5) is 10.7 Å². The lowest BCUT2D eigenvalue weighted by Gasteiger charge is -2.22. The minimum absolute atomic E-state index is 0.154. The molecule has 2 amide bonds. The summed E-state index contributed by atoms with van der Waals surface area (Å²) in [7, 11) is 0. The molecule has 1 aromatic heterocycles. The molecule has 3 aromatic carbocycles. The molecule has 1 aliphatic carbocycles. The van der Waals surface area contributed by atoms with Crippen molar-refractivity contribution in [3.63, 3.8) is 0 Å². The molecule has 5 rings (SSSR count). The zero-order valence-electron chi connectivity index (χ0n) is 21.0. The third-order valence-corrected chi connectivity index (χ3v) is 8.92. The average molecular weight is 538 g/mol. The number of fused-ring (bicyclic) bond motifs is 1. The highest BCUT2D eigenvalue weighted by Crippen LogP contribution is 2.42. The summed E-state index contributed by atoms with van der Waals surface area (Å²) in [5.41, 5.74) is 5.24. The summed E-state index contributed by atoms with van der Waals surface area (Å²) in [4.78, 5) is 27.6. The Balaban J connectivity index is 1.21. The van der Waals surface area contributed by atoms with Gasteiger partial charge in [-0.3, -0.25) is 9.59 Å². The number of amides is 2. The Morgan fingerprint density at radius 1 is 1.03 bits per heavy atom. The number of nitriles is 1. The van der Waals surface area contributed by atoms with Gasteiger partial charge in [-0.15, -0.1) is 23.1 Å². The highest BCUT2D eigenvalue weighted by molar-refractivity contribution is 8.00. The van der Waals surface area contributed by atoms with E-state index in [1.807, 2.05) is 55.5 Å². The molecule has 190 valence electrons. The Bertz CT molecular complexity index is 1520. The number of rotatable bonds is 7. The molecular formula is C31H27N3O2S2. The number of aryl methyl sites for hydroxylation is 1. The first-order chi connectivity index (χ1) is 18.5. The van der Waals surface area contributed by atoms with Crippen LogP contribution in [0.15, 0.2) is 83.8 Å². The van der Waals surface area contributed by atoms with Crippen molar-refractivity contribution in [1.82, 2.24) is 0 Å². The Labute approximate surface area is 230 Å². The molecule has 0 spiro atoms. The number of anilines is 2. The molecule has 7 heteroatoms. The fourth-order valence-electron chi connectivity index (χ4n) is 4.80. The normalized spacial score (nSPS) is 14.3. The molecule has 0 saturated heterocycles. The van der Waals surface area contributed by atoms with Crippen molar-refractivity contribution in [3.8, 4) is 6.07 Å². The highest BCUT2D eigenvalue weighted by atomic mass is 32.2. The molecule has 1 heterocycles. The lowest BCUT2D eigenvalue weighted by molar-refractivity contribution is -0.113. The van der Waals surface area contributed by atoms with E-state index in [0.29, 0.717) is 27.7 Å². The van der Waals surface area contributed by atoms with Crippen LogP contribution in [0.2, 0.25) is 0 Å². The van der Waals surface area contributed by atoms with Gasteiger partial charge in [-0.05, 0) is 73.1 Å². The molecule has 2 N–H and O–H groups in total. The van der Waals surface area contributed by atoms with E-state index in [-0.39, 0.29) is 17.6 Å². The standard InChI is InChI=1S/C31H27N3O2S2/c1-20-8-5-6-13-25(20)30(36)33-23-11-7-12-24(17-23)37-19-29(35)34-31-27(18-32)26-15-14-22(16-28(26)38-31)21-9-3-2-4-10-21/h2-13,17,22H,14-16,19H2,1H3,(H,33,36)(H,34,35). The van der Waals surface area contributed by atoms with Gasteiger partial charge in [0.25, 0.3) is 5.91 Å². The van der Waals surface area contributed by atoms with Crippen molar-refractivity contribution in [2.45, 2.75) is 37.0 Å². The van der Waals surface area contributed by atoms with E-state index in [1.165, 1.54) is 33.5 Å². The van der Waals surface area contributed by atoms with E-state index in [1.54, 1.807) is 6.07 Å². The number of carbonyl (C=O) groups is 2. The van der Waals surface area contributed by atoms with Crippen molar-refractivity contribution in [1.29, 1.82) is 5.26 Å². The zero-order valence-corrected chi connectivity index (χ0v) is 22.6. The average Bonchev–Trinajstić information content (AvgIpc) is 3.28. The van der Waals surface area contributed by atoms with Gasteiger partial charge in [-0.25, -0.2) is 0 Å². The first kappa shape index (κ1) is 25.8. The highest BCUT2D eigenvalue weighted by Gasteiger charge is 2.27. The quantitative estimate of drug-likeness (QED) is 0.245. The van der Waals surface area contributed by atoms with Gasteiger partial charge < -0.3 is 10.6 Å². The number of nitrogens with zero attached hydrogens (tertiary/aromatic N) is 1. The summed E-state index contributed by atoms with van der Waals surface area (Å²) in [6.45, 7) is 1.91. The number of thioether (sulfide) groups is 1. The van der Waals surface area contributed by atoms with Crippen LogP contribution >= 0.6 is 23.1 Å². The molecule has 1 atom stereocenters. The van der Waals surface area contributed by atoms with Gasteiger partial charge in [0, 0.05) is 21.0 Å². The third kappa shape index (κ3) is 5.83. The third-order valence-electron chi connectivity index (χ3n) is 6.75. The fourth-order valence-corrected chi connectivity index (χ4v) is 6.85. The van der Waals surface area contributed by atoms with E-state index in [9.17, 15) is 14.9 Å². The molecule has 5 nitrogen and oxygen atoms in total. The molecule has 4 aromatic rings. The summed E-state index contributed by atoms with van der Waals surface area (Å²) in [6.07, 6.45) is 2.74. The maximum Gasteiger partial charge on any atom is 0.255 e. The summed E-state index contributed by atoms with van der Waals surface area (Å²) in [5.74, 6) is 0.323. The minimum Gasteiger partial charge on any atom is -0.322 e. The topological polar surface area (TPSA) is 82.0 Å². The molecule has 1 aliphatic rings. The maximum atomic E-state index is 12.8. The van der Waals surface area contributed by atoms with E-state index in [4.69, 9.17) is 0 Å². The van der Waals surface area contributed by atoms with Crippen molar-refractivity contribution < 1.29 is 9.59 Å². The molecule has 38 heavy (non-hydrogen) atoms. The number of hydrogen-bond acceptors (Lipinski definition) is 5. The number of thiophene rings is 1. The van der Waals surface area contributed by atoms with Gasteiger partial charge in [-0.1, -0.05) is 54.6 Å². The lowest BCUT2D eigenvalue weighted by atomic mass is 9.83. The van der Waals surface area contributed by atoms with Crippen LogP contribution in [-0.4, -0.2) is 17.6 Å². The van der Waals surface area contributed by atoms with E-state index in [2.05, 4.69) is 41.0 Å². The van der Waals surface area contributed by atoms with Crippen molar-refractivity contribution in [2.75, 3.05) is 16.4 Å². The van der Waals surface area contributed by atoms with Gasteiger partial charge in [0.1, 0.15) is 11.1 Å². The van der Waals surface area contributed by atoms with Crippen LogP contribution in [-0.2, 0) is 17.6 Å². The number of carbonyl (C=O) groups excluding carboxylic acids is 2. The van der Waals surface area contributed by atoms with E-state index >= 15 is 0 Å². The summed E-state index contributed by atoms with van der Waals surface area (Å²) >= 11 is 2.92. The molecular weight excluding hydrogens is 510 g/mol. The second-order valence-electron chi connectivity index (χ2n) is 9.30. The Kier molecular flexibility index (Phi) is 7.92. The predicted octanol–water partition coefficient (Wildman–Crippen LogP) is 7.18. The smallest absolute Gasteiger partial charge is 0.255 e. The van der Waals surface area contributed by atoms with Crippen LogP contribution in [0.1, 0.15) is 49.8 Å². The summed E-state index contributed by atoms with van der Waals surface area (Å²) < 4.78 is 0. The van der Waals surface area contributed by atoms with Crippen LogP contribution in [0.25, 0.3) is 0 Å². The van der Waals surface area contributed by atoms with E-state index in [0.717, 1.165) is 35.3 Å². The second kappa shape index (κ2) is 11.7. The summed E-state index contributed by atoms with van der Waals surface area (Å²) in [6, 6.07) is 27.7. The molecule has 1 unspecified atom stereocenters. The van der Waals surface area contributed by atoms with Gasteiger partial charge in [0.05, 0.1) is 11.3 Å². The minimum atomic E-state index is -0.164. The number of hydrogen-bond donors (Lipinski definition) is 2. The Morgan fingerprint density at radius 3 is 2.61 bits per heavy atom. The molecule has 0 bridgehead atoms. The number of nitrogens with one attached hydrogen (secondary N) is 2. The first-order valence-corrected chi connectivity index (χ1v) is 14.3. The lowest BCUT2D eigenvalue weighted by Crippen LogP contribution is -2.14. The van der Waals surface area contributed by atoms with Crippen molar-refractivity contribution >= 4 is 45.6 Å². The van der Waals surface area contributed by atoms with Gasteiger partial charge in [-0.2, -0.15) is 5.26 Å². The van der Waals surface area contributed by atoms with Crippen LogP contribution < -0.4 is 10.6 Å². The maximum absolute atomic E-state index is 12.8. The monoisotopic (exact) mass is 537 g/mol. The largest absolute Gasteiger partial charge is 0.322 e. The SMILES string of the molecule is Cc1ccccc1C(=O)Nc1cccc(SCC(=O)Nc2sc3c(c2C#N)CCC(c2ccccc2)C3)c1. The summed E-state index contributed by atoms with van der Waals surface area (Å²) in [5, 5.41) is 16.4. The fraction of sp³-hybridized carbons (Fsp3) is 0.194. The van der Waals surface area contributed by atoms with Gasteiger partial charge >= 0.3 is 0 Å². The van der Waals surface area contributed by atoms with Gasteiger partial charge in [0.2, 0.25) is 5.91 Å². The van der Waals surface area contributed by atoms with Crippen molar-refractivity contribution in [3.05, 3.63) is 112 Å². The molecule has 0 saturated carbocycles. The molecule has 0 fully saturated rings. The molecule has 0 radical (unpaired) electrons. The van der Waals surface area contributed by atoms with Crippen LogP contribution in [0.3, 0.4) is 0 Å². The zero-order chi connectivity index (χ0) is 26.5. The van der Waals surface area contributed by atoms with Crippen LogP contribution in [0.5, 0.6) is 0 Å². The van der Waals surface area contributed by atoms with Crippen LogP contribution in [0, 0.1) is 18.3 Å². The second-order valence-corrected chi connectivity index (χ2v) is 11.5. The van der Waals surface area contributed by atoms with Gasteiger partial charge in [0.15, 0.2) is 0 Å². The first-order valence-electron chi connectivity index (χ1n) is 12.5. The predicted molar refractivity (Wildman–Crippen MR) is 155 cm³/mol. The van der Waals surface area contributed by atoms with E-state index < -0.39 is 0 Å².